The number of carbonyl (C=O) groups is 1. The van der Waals surface area contributed by atoms with Gasteiger partial charge in [-0.3, -0.25) is 9.69 Å². The molecule has 3 rings (SSSR count). The van der Waals surface area contributed by atoms with Crippen molar-refractivity contribution in [2.24, 2.45) is 0 Å². The molecule has 0 aliphatic carbocycles. The highest BCUT2D eigenvalue weighted by Crippen LogP contribution is 2.35. The van der Waals surface area contributed by atoms with Crippen molar-refractivity contribution in [3.8, 4) is 0 Å². The molecule has 1 amide bonds. The van der Waals surface area contributed by atoms with Gasteiger partial charge in [0.25, 0.3) is 0 Å². The van der Waals surface area contributed by atoms with Crippen molar-refractivity contribution in [1.82, 2.24) is 4.90 Å². The molecular formula is C19H26F3N3O3. The highest BCUT2D eigenvalue weighted by molar-refractivity contribution is 5.95. The Kier molecular flexibility index (Phi) is 6.47. The van der Waals surface area contributed by atoms with Gasteiger partial charge >= 0.3 is 6.18 Å². The van der Waals surface area contributed by atoms with Crippen molar-refractivity contribution in [1.29, 1.82) is 0 Å². The van der Waals surface area contributed by atoms with E-state index in [1.54, 1.807) is 0 Å². The minimum atomic E-state index is -4.47. The van der Waals surface area contributed by atoms with Gasteiger partial charge in [-0.1, -0.05) is 0 Å². The first-order chi connectivity index (χ1) is 13.2. The highest BCUT2D eigenvalue weighted by Gasteiger charge is 2.32. The minimum absolute atomic E-state index is 0.00835. The molecule has 2 aliphatic heterocycles. The van der Waals surface area contributed by atoms with Crippen molar-refractivity contribution < 1.29 is 27.4 Å². The number of carbonyl (C=O) groups excluding carboxylic acids is 1. The van der Waals surface area contributed by atoms with Crippen LogP contribution >= 0.6 is 0 Å². The number of alkyl halides is 3. The van der Waals surface area contributed by atoms with E-state index in [1.807, 2.05) is 23.6 Å². The molecule has 1 N–H and O–H groups in total. The number of nitrogens with zero attached hydrogens (tertiary/aromatic N) is 2. The Morgan fingerprint density at radius 3 is 2.43 bits per heavy atom. The molecule has 0 saturated carbocycles. The second kappa shape index (κ2) is 8.67. The molecule has 0 aromatic heterocycles. The molecule has 0 radical (unpaired) electrons. The predicted octanol–water partition coefficient (Wildman–Crippen LogP) is 2.59. The van der Waals surface area contributed by atoms with Gasteiger partial charge in [0.1, 0.15) is 0 Å². The van der Waals surface area contributed by atoms with Crippen LogP contribution < -0.4 is 10.2 Å². The van der Waals surface area contributed by atoms with Crippen LogP contribution in [0.2, 0.25) is 0 Å². The molecule has 1 aromatic rings. The molecule has 28 heavy (non-hydrogen) atoms. The molecule has 6 nitrogen and oxygen atoms in total. The quantitative estimate of drug-likeness (QED) is 0.841. The largest absolute Gasteiger partial charge is 0.416 e. The predicted molar refractivity (Wildman–Crippen MR) is 99.6 cm³/mol. The standard InChI is InChI=1S/C19H26F3N3O3/c1-13-10-24(11-14(2)28-13)12-18(26)23-16-9-15(19(20,21)22)3-4-17(16)25-5-7-27-8-6-25/h3-4,9,13-14H,5-8,10-12H2,1-2H3,(H,23,26)/t13-,14+. The molecule has 2 aliphatic rings. The monoisotopic (exact) mass is 401 g/mol. The fourth-order valence-corrected chi connectivity index (χ4v) is 3.70. The van der Waals surface area contributed by atoms with Gasteiger partial charge in [0.05, 0.1) is 48.9 Å². The molecule has 2 heterocycles. The first-order valence-corrected chi connectivity index (χ1v) is 9.44. The molecule has 1 aromatic carbocycles. The van der Waals surface area contributed by atoms with Gasteiger partial charge in [-0.25, -0.2) is 0 Å². The summed E-state index contributed by atoms with van der Waals surface area (Å²) in [5.74, 6) is -0.338. The second-order valence-corrected chi connectivity index (χ2v) is 7.33. The average molecular weight is 401 g/mol. The molecular weight excluding hydrogens is 375 g/mol. The number of morpholine rings is 2. The van der Waals surface area contributed by atoms with Crippen LogP contribution in [-0.2, 0) is 20.4 Å². The van der Waals surface area contributed by atoms with Gasteiger partial charge in [0.2, 0.25) is 5.91 Å². The second-order valence-electron chi connectivity index (χ2n) is 7.33. The number of hydrogen-bond acceptors (Lipinski definition) is 5. The molecule has 0 bridgehead atoms. The Hall–Kier alpha value is -1.84. The molecule has 0 unspecified atom stereocenters. The normalized spacial score (nSPS) is 24.2. The Bertz CT molecular complexity index is 683. The van der Waals surface area contributed by atoms with Crippen molar-refractivity contribution in [3.63, 3.8) is 0 Å². The topological polar surface area (TPSA) is 54.0 Å². The van der Waals surface area contributed by atoms with Crippen molar-refractivity contribution in [2.75, 3.05) is 56.2 Å². The Balaban J connectivity index is 1.76. The number of halogens is 3. The summed E-state index contributed by atoms with van der Waals surface area (Å²) in [5, 5.41) is 2.69. The van der Waals surface area contributed by atoms with E-state index >= 15 is 0 Å². The third kappa shape index (κ3) is 5.36. The summed E-state index contributed by atoms with van der Waals surface area (Å²) in [6.07, 6.45) is -4.46. The Morgan fingerprint density at radius 1 is 1.18 bits per heavy atom. The summed E-state index contributed by atoms with van der Waals surface area (Å²) < 4.78 is 50.5. The minimum Gasteiger partial charge on any atom is -0.378 e. The van der Waals surface area contributed by atoms with Crippen LogP contribution in [-0.4, -0.2) is 69.0 Å². The van der Waals surface area contributed by atoms with E-state index in [4.69, 9.17) is 9.47 Å². The molecule has 156 valence electrons. The van der Waals surface area contributed by atoms with E-state index < -0.39 is 11.7 Å². The van der Waals surface area contributed by atoms with Crippen LogP contribution in [0.25, 0.3) is 0 Å². The number of rotatable bonds is 4. The lowest BCUT2D eigenvalue weighted by Gasteiger charge is -2.35. The number of hydrogen-bond donors (Lipinski definition) is 1. The number of anilines is 2. The number of amides is 1. The third-order valence-corrected chi connectivity index (χ3v) is 4.81. The average Bonchev–Trinajstić information content (AvgIpc) is 2.60. The van der Waals surface area contributed by atoms with E-state index in [0.29, 0.717) is 45.1 Å². The third-order valence-electron chi connectivity index (χ3n) is 4.81. The van der Waals surface area contributed by atoms with E-state index in [9.17, 15) is 18.0 Å². The first kappa shape index (κ1) is 20.9. The van der Waals surface area contributed by atoms with Gasteiger partial charge < -0.3 is 19.7 Å². The van der Waals surface area contributed by atoms with E-state index in [1.165, 1.54) is 6.07 Å². The molecule has 2 fully saturated rings. The van der Waals surface area contributed by atoms with Gasteiger partial charge in [-0.2, -0.15) is 13.2 Å². The maximum absolute atomic E-state index is 13.2. The maximum atomic E-state index is 13.2. The Morgan fingerprint density at radius 2 is 1.82 bits per heavy atom. The van der Waals surface area contributed by atoms with E-state index in [-0.39, 0.29) is 30.3 Å². The number of ether oxygens (including phenoxy) is 2. The van der Waals surface area contributed by atoms with Gasteiger partial charge in [-0.15, -0.1) is 0 Å². The maximum Gasteiger partial charge on any atom is 0.416 e. The summed E-state index contributed by atoms with van der Waals surface area (Å²) in [7, 11) is 0. The molecule has 0 spiro atoms. The van der Waals surface area contributed by atoms with Crippen LogP contribution in [0.4, 0.5) is 24.5 Å². The van der Waals surface area contributed by atoms with Crippen molar-refractivity contribution in [3.05, 3.63) is 23.8 Å². The van der Waals surface area contributed by atoms with Gasteiger partial charge in [0.15, 0.2) is 0 Å². The Labute approximate surface area is 162 Å². The summed E-state index contributed by atoms with van der Waals surface area (Å²) in [6, 6.07) is 3.47. The first-order valence-electron chi connectivity index (χ1n) is 9.44. The summed E-state index contributed by atoms with van der Waals surface area (Å²) in [5.41, 5.74) is -0.0297. The summed E-state index contributed by atoms with van der Waals surface area (Å²) >= 11 is 0. The summed E-state index contributed by atoms with van der Waals surface area (Å²) in [4.78, 5) is 16.5. The van der Waals surface area contributed by atoms with Crippen LogP contribution in [0, 0.1) is 0 Å². The number of benzene rings is 1. The zero-order chi connectivity index (χ0) is 20.3. The van der Waals surface area contributed by atoms with Crippen LogP contribution in [0.5, 0.6) is 0 Å². The van der Waals surface area contributed by atoms with Crippen molar-refractivity contribution >= 4 is 17.3 Å². The SMILES string of the molecule is C[C@@H]1CN(CC(=O)Nc2cc(C(F)(F)F)ccc2N2CCOCC2)C[C@H](C)O1. The fourth-order valence-electron chi connectivity index (χ4n) is 3.70. The number of nitrogens with one attached hydrogen (secondary N) is 1. The summed E-state index contributed by atoms with van der Waals surface area (Å²) in [6.45, 7) is 7.31. The zero-order valence-corrected chi connectivity index (χ0v) is 16.1. The highest BCUT2D eigenvalue weighted by atomic mass is 19.4. The van der Waals surface area contributed by atoms with Gasteiger partial charge in [-0.05, 0) is 32.0 Å². The smallest absolute Gasteiger partial charge is 0.378 e. The van der Waals surface area contributed by atoms with E-state index in [2.05, 4.69) is 5.32 Å². The van der Waals surface area contributed by atoms with Gasteiger partial charge in [0, 0.05) is 26.2 Å². The van der Waals surface area contributed by atoms with Crippen LogP contribution in [0.3, 0.4) is 0 Å². The van der Waals surface area contributed by atoms with E-state index in [0.717, 1.165) is 12.1 Å². The van der Waals surface area contributed by atoms with Crippen LogP contribution in [0.1, 0.15) is 19.4 Å². The molecule has 9 heteroatoms. The lowest BCUT2D eigenvalue weighted by Crippen LogP contribution is -2.48. The lowest BCUT2D eigenvalue weighted by molar-refractivity contribution is -0.137. The fraction of sp³-hybridized carbons (Fsp3) is 0.632. The lowest BCUT2D eigenvalue weighted by atomic mass is 10.1. The van der Waals surface area contributed by atoms with Crippen LogP contribution in [0.15, 0.2) is 18.2 Å². The molecule has 2 atom stereocenters. The van der Waals surface area contributed by atoms with Crippen molar-refractivity contribution in [2.45, 2.75) is 32.2 Å². The zero-order valence-electron chi connectivity index (χ0n) is 16.1. The molecule has 2 saturated heterocycles.